The first-order chi connectivity index (χ1) is 9.65. The van der Waals surface area contributed by atoms with Crippen molar-refractivity contribution >= 4 is 0 Å². The number of hydrogen-bond donors (Lipinski definition) is 1. The molecule has 2 atom stereocenters. The Balaban J connectivity index is 2.98. The van der Waals surface area contributed by atoms with Crippen LogP contribution in [0.25, 0.3) is 0 Å². The number of nitrogens with one attached hydrogen (secondary N) is 1. The molecule has 0 radical (unpaired) electrons. The number of ether oxygens (including phenoxy) is 2. The minimum absolute atomic E-state index is 0.339. The van der Waals surface area contributed by atoms with Crippen molar-refractivity contribution in [2.24, 2.45) is 5.92 Å². The van der Waals surface area contributed by atoms with Gasteiger partial charge in [0.1, 0.15) is 11.5 Å². The molecule has 0 saturated carbocycles. The van der Waals surface area contributed by atoms with Crippen molar-refractivity contribution in [3.63, 3.8) is 0 Å². The van der Waals surface area contributed by atoms with E-state index in [2.05, 4.69) is 32.2 Å². The fraction of sp³-hybridized carbons (Fsp3) is 0.647. The van der Waals surface area contributed by atoms with Crippen LogP contribution in [0.2, 0.25) is 0 Å². The van der Waals surface area contributed by atoms with E-state index >= 15 is 0 Å². The maximum atomic E-state index is 5.54. The van der Waals surface area contributed by atoms with Crippen LogP contribution in [-0.2, 0) is 0 Å². The van der Waals surface area contributed by atoms with Crippen LogP contribution in [0.1, 0.15) is 51.6 Å². The van der Waals surface area contributed by atoms with Gasteiger partial charge in [-0.25, -0.2) is 0 Å². The molecule has 3 nitrogen and oxygen atoms in total. The first kappa shape index (κ1) is 16.8. The van der Waals surface area contributed by atoms with E-state index in [4.69, 9.17) is 9.47 Å². The topological polar surface area (TPSA) is 30.5 Å². The number of methoxy groups -OCH3 is 2. The van der Waals surface area contributed by atoms with Gasteiger partial charge in [0.25, 0.3) is 0 Å². The summed E-state index contributed by atoms with van der Waals surface area (Å²) in [5.41, 5.74) is 1.22. The van der Waals surface area contributed by atoms with E-state index in [9.17, 15) is 0 Å². The van der Waals surface area contributed by atoms with Crippen LogP contribution in [0.4, 0.5) is 0 Å². The quantitative estimate of drug-likeness (QED) is 0.735. The molecule has 3 heteroatoms. The molecule has 0 aliphatic carbocycles. The van der Waals surface area contributed by atoms with Gasteiger partial charge in [0.05, 0.1) is 14.2 Å². The monoisotopic (exact) mass is 279 g/mol. The highest BCUT2D eigenvalue weighted by Gasteiger charge is 2.18. The SMILES string of the molecule is CCCNC(CC(C)CC)c1ccc(OC)cc1OC. The Kier molecular flexibility index (Phi) is 7.45. The average Bonchev–Trinajstić information content (AvgIpc) is 2.50. The minimum Gasteiger partial charge on any atom is -0.497 e. The van der Waals surface area contributed by atoms with E-state index in [-0.39, 0.29) is 0 Å². The highest BCUT2D eigenvalue weighted by molar-refractivity contribution is 5.42. The number of rotatable bonds is 9. The second-order valence-electron chi connectivity index (χ2n) is 5.36. The largest absolute Gasteiger partial charge is 0.497 e. The smallest absolute Gasteiger partial charge is 0.127 e. The Labute approximate surface area is 123 Å². The van der Waals surface area contributed by atoms with Gasteiger partial charge in [-0.2, -0.15) is 0 Å². The third-order valence-electron chi connectivity index (χ3n) is 3.79. The number of hydrogen-bond acceptors (Lipinski definition) is 3. The lowest BCUT2D eigenvalue weighted by molar-refractivity contribution is 0.364. The zero-order valence-corrected chi connectivity index (χ0v) is 13.5. The molecular formula is C17H29NO2. The summed E-state index contributed by atoms with van der Waals surface area (Å²) in [6, 6.07) is 6.43. The van der Waals surface area contributed by atoms with Crippen molar-refractivity contribution < 1.29 is 9.47 Å². The van der Waals surface area contributed by atoms with Crippen molar-refractivity contribution in [1.29, 1.82) is 0 Å². The molecule has 0 fully saturated rings. The van der Waals surface area contributed by atoms with Crippen molar-refractivity contribution in [2.45, 2.75) is 46.1 Å². The minimum atomic E-state index is 0.339. The molecule has 2 unspecified atom stereocenters. The average molecular weight is 279 g/mol. The Morgan fingerprint density at radius 3 is 2.45 bits per heavy atom. The summed E-state index contributed by atoms with van der Waals surface area (Å²) in [6.07, 6.45) is 3.46. The molecule has 0 heterocycles. The zero-order valence-electron chi connectivity index (χ0n) is 13.5. The molecule has 0 aromatic heterocycles. The third-order valence-corrected chi connectivity index (χ3v) is 3.79. The lowest BCUT2D eigenvalue weighted by Gasteiger charge is -2.24. The Hall–Kier alpha value is -1.22. The second-order valence-corrected chi connectivity index (χ2v) is 5.36. The van der Waals surface area contributed by atoms with E-state index in [1.807, 2.05) is 12.1 Å². The molecule has 0 spiro atoms. The lowest BCUT2D eigenvalue weighted by atomic mass is 9.93. The molecule has 1 aromatic carbocycles. The highest BCUT2D eigenvalue weighted by atomic mass is 16.5. The molecule has 114 valence electrons. The van der Waals surface area contributed by atoms with Gasteiger partial charge in [-0.05, 0) is 31.4 Å². The summed E-state index contributed by atoms with van der Waals surface area (Å²) >= 11 is 0. The molecule has 20 heavy (non-hydrogen) atoms. The molecule has 0 bridgehead atoms. The molecule has 1 N–H and O–H groups in total. The fourth-order valence-electron chi connectivity index (χ4n) is 2.31. The Morgan fingerprint density at radius 2 is 1.90 bits per heavy atom. The molecule has 0 aliphatic heterocycles. The van der Waals surface area contributed by atoms with Gasteiger partial charge in [0.2, 0.25) is 0 Å². The van der Waals surface area contributed by atoms with Crippen LogP contribution < -0.4 is 14.8 Å². The summed E-state index contributed by atoms with van der Waals surface area (Å²) in [6.45, 7) is 7.76. The maximum absolute atomic E-state index is 5.54. The zero-order chi connectivity index (χ0) is 15.0. The van der Waals surface area contributed by atoms with Crippen LogP contribution in [-0.4, -0.2) is 20.8 Å². The summed E-state index contributed by atoms with van der Waals surface area (Å²) in [5.74, 6) is 2.43. The van der Waals surface area contributed by atoms with Crippen LogP contribution in [0.15, 0.2) is 18.2 Å². The highest BCUT2D eigenvalue weighted by Crippen LogP contribution is 2.33. The molecule has 1 aromatic rings. The molecule has 0 amide bonds. The van der Waals surface area contributed by atoms with Crippen LogP contribution >= 0.6 is 0 Å². The van der Waals surface area contributed by atoms with Gasteiger partial charge in [-0.3, -0.25) is 0 Å². The molecule has 0 saturated heterocycles. The van der Waals surface area contributed by atoms with Crippen LogP contribution in [0, 0.1) is 5.92 Å². The van der Waals surface area contributed by atoms with E-state index in [0.717, 1.165) is 30.9 Å². The van der Waals surface area contributed by atoms with Gasteiger partial charge in [0, 0.05) is 17.7 Å². The lowest BCUT2D eigenvalue weighted by Crippen LogP contribution is -2.24. The summed E-state index contributed by atoms with van der Waals surface area (Å²) in [7, 11) is 3.40. The molecule has 0 aliphatic rings. The molecular weight excluding hydrogens is 250 g/mol. The second kappa shape index (κ2) is 8.85. The van der Waals surface area contributed by atoms with Crippen molar-refractivity contribution in [1.82, 2.24) is 5.32 Å². The van der Waals surface area contributed by atoms with E-state index < -0.39 is 0 Å². The third kappa shape index (κ3) is 4.71. The summed E-state index contributed by atoms with van der Waals surface area (Å²) < 4.78 is 10.8. The predicted molar refractivity (Wildman–Crippen MR) is 84.7 cm³/mol. The maximum Gasteiger partial charge on any atom is 0.127 e. The summed E-state index contributed by atoms with van der Waals surface area (Å²) in [4.78, 5) is 0. The van der Waals surface area contributed by atoms with Gasteiger partial charge < -0.3 is 14.8 Å². The van der Waals surface area contributed by atoms with Crippen molar-refractivity contribution in [2.75, 3.05) is 20.8 Å². The standard InChI is InChI=1S/C17H29NO2/c1-6-10-18-16(11-13(3)7-2)15-9-8-14(19-4)12-17(15)20-5/h8-9,12-13,16,18H,6-7,10-11H2,1-5H3. The normalized spacial score (nSPS) is 13.8. The first-order valence-electron chi connectivity index (χ1n) is 7.61. The van der Waals surface area contributed by atoms with Gasteiger partial charge in [-0.15, -0.1) is 0 Å². The van der Waals surface area contributed by atoms with Crippen LogP contribution in [0.5, 0.6) is 11.5 Å². The summed E-state index contributed by atoms with van der Waals surface area (Å²) in [5, 5.41) is 3.64. The number of benzene rings is 1. The van der Waals surface area contributed by atoms with E-state index in [1.165, 1.54) is 12.0 Å². The van der Waals surface area contributed by atoms with Crippen LogP contribution in [0.3, 0.4) is 0 Å². The van der Waals surface area contributed by atoms with Crippen molar-refractivity contribution in [3.05, 3.63) is 23.8 Å². The molecule has 1 rings (SSSR count). The fourth-order valence-corrected chi connectivity index (χ4v) is 2.31. The van der Waals surface area contributed by atoms with E-state index in [1.54, 1.807) is 14.2 Å². The first-order valence-corrected chi connectivity index (χ1v) is 7.61. The van der Waals surface area contributed by atoms with E-state index in [0.29, 0.717) is 12.0 Å². The van der Waals surface area contributed by atoms with Gasteiger partial charge in [0.15, 0.2) is 0 Å². The van der Waals surface area contributed by atoms with Gasteiger partial charge >= 0.3 is 0 Å². The van der Waals surface area contributed by atoms with Crippen molar-refractivity contribution in [3.8, 4) is 11.5 Å². The Morgan fingerprint density at radius 1 is 1.15 bits per heavy atom. The predicted octanol–water partition coefficient (Wildman–Crippen LogP) is 4.18. The van der Waals surface area contributed by atoms with Gasteiger partial charge in [-0.1, -0.05) is 33.3 Å². The Bertz CT molecular complexity index is 393.